The van der Waals surface area contributed by atoms with Crippen LogP contribution < -0.4 is 5.32 Å². The third-order valence-corrected chi connectivity index (χ3v) is 6.78. The molecule has 4 aromatic rings. The van der Waals surface area contributed by atoms with Crippen molar-refractivity contribution in [3.8, 4) is 0 Å². The van der Waals surface area contributed by atoms with Crippen molar-refractivity contribution >= 4 is 28.1 Å². The van der Waals surface area contributed by atoms with Crippen molar-refractivity contribution < 1.29 is 14.7 Å². The first kappa shape index (κ1) is 22.8. The van der Waals surface area contributed by atoms with Crippen LogP contribution in [0.1, 0.15) is 35.2 Å². The molecule has 1 heterocycles. The lowest BCUT2D eigenvalue weighted by molar-refractivity contribution is -0.129. The summed E-state index contributed by atoms with van der Waals surface area (Å²) in [4.78, 5) is 21.8. The number of hydrogen-bond donors (Lipinski definition) is 2. The van der Waals surface area contributed by atoms with Gasteiger partial charge in [0.15, 0.2) is 5.13 Å². The lowest BCUT2D eigenvalue weighted by Gasteiger charge is -2.36. The van der Waals surface area contributed by atoms with Crippen LogP contribution in [0.4, 0.5) is 5.13 Å². The number of oxime groups is 1. The van der Waals surface area contributed by atoms with Gasteiger partial charge in [-0.05, 0) is 35.4 Å². The Labute approximate surface area is 207 Å². The summed E-state index contributed by atoms with van der Waals surface area (Å²) in [6, 6.07) is 30.5. The molecular formula is C28H25N3O3S. The number of carbonyl (C=O) groups is 1. The second kappa shape index (κ2) is 10.1. The van der Waals surface area contributed by atoms with Crippen LogP contribution in [0.15, 0.2) is 102 Å². The van der Waals surface area contributed by atoms with Gasteiger partial charge in [-0.2, -0.15) is 0 Å². The predicted molar refractivity (Wildman–Crippen MR) is 138 cm³/mol. The van der Waals surface area contributed by atoms with Crippen molar-refractivity contribution in [2.45, 2.75) is 18.4 Å². The van der Waals surface area contributed by atoms with Crippen molar-refractivity contribution in [1.82, 2.24) is 4.98 Å². The van der Waals surface area contributed by atoms with E-state index in [1.807, 2.05) is 54.6 Å². The number of aromatic nitrogens is 1. The molecule has 5 rings (SSSR count). The fourth-order valence-electron chi connectivity index (χ4n) is 4.07. The van der Waals surface area contributed by atoms with Crippen LogP contribution in [0, 0.1) is 5.92 Å². The molecule has 0 spiro atoms. The van der Waals surface area contributed by atoms with E-state index >= 15 is 0 Å². The van der Waals surface area contributed by atoms with Crippen molar-refractivity contribution in [2.75, 3.05) is 11.9 Å². The van der Waals surface area contributed by atoms with Crippen LogP contribution in [0.25, 0.3) is 0 Å². The molecule has 1 fully saturated rings. The number of benzene rings is 3. The summed E-state index contributed by atoms with van der Waals surface area (Å²) in [5, 5.41) is 19.5. The summed E-state index contributed by atoms with van der Waals surface area (Å²) in [6.45, 7) is 0.436. The lowest BCUT2D eigenvalue weighted by atomic mass is 9.77. The maximum atomic E-state index is 11.9. The Hall–Kier alpha value is -3.97. The number of anilines is 1. The molecule has 1 saturated carbocycles. The highest BCUT2D eigenvalue weighted by Gasteiger charge is 2.37. The van der Waals surface area contributed by atoms with Gasteiger partial charge in [0.2, 0.25) is 5.71 Å². The largest absolute Gasteiger partial charge is 0.476 e. The first-order valence-corrected chi connectivity index (χ1v) is 12.4. The number of hydrogen-bond acceptors (Lipinski definition) is 6. The van der Waals surface area contributed by atoms with Crippen LogP contribution >= 0.6 is 11.3 Å². The summed E-state index contributed by atoms with van der Waals surface area (Å²) >= 11 is 1.34. The molecular weight excluding hydrogens is 458 g/mol. The Morgan fingerprint density at radius 3 is 1.91 bits per heavy atom. The second-order valence-corrected chi connectivity index (χ2v) is 9.35. The van der Waals surface area contributed by atoms with E-state index < -0.39 is 11.5 Å². The Kier molecular flexibility index (Phi) is 6.59. The molecule has 2 N–H and O–H groups in total. The number of thiazole rings is 1. The monoisotopic (exact) mass is 483 g/mol. The SMILES string of the molecule is O=C(O)/C(=N/OCC1CC1)c1csc(NC(c2ccccc2)(c2ccccc2)c2ccccc2)n1. The van der Waals surface area contributed by atoms with E-state index in [0.29, 0.717) is 17.7 Å². The molecule has 35 heavy (non-hydrogen) atoms. The topological polar surface area (TPSA) is 83.8 Å². The molecule has 1 aliphatic rings. The van der Waals surface area contributed by atoms with Crippen LogP contribution in [0.2, 0.25) is 0 Å². The van der Waals surface area contributed by atoms with Gasteiger partial charge in [-0.25, -0.2) is 9.78 Å². The Morgan fingerprint density at radius 1 is 0.943 bits per heavy atom. The number of nitrogens with one attached hydrogen (secondary N) is 1. The summed E-state index contributed by atoms with van der Waals surface area (Å²) in [6.07, 6.45) is 2.20. The molecule has 6 nitrogen and oxygen atoms in total. The third-order valence-electron chi connectivity index (χ3n) is 6.03. The van der Waals surface area contributed by atoms with Crippen LogP contribution in [-0.4, -0.2) is 28.4 Å². The highest BCUT2D eigenvalue weighted by atomic mass is 32.1. The van der Waals surface area contributed by atoms with Crippen molar-refractivity contribution in [3.63, 3.8) is 0 Å². The van der Waals surface area contributed by atoms with Gasteiger partial charge in [-0.1, -0.05) is 96.2 Å². The van der Waals surface area contributed by atoms with E-state index in [1.165, 1.54) is 11.3 Å². The average Bonchev–Trinajstić information content (AvgIpc) is 3.62. The minimum absolute atomic E-state index is 0.195. The maximum Gasteiger partial charge on any atom is 0.360 e. The zero-order valence-electron chi connectivity index (χ0n) is 19.0. The van der Waals surface area contributed by atoms with E-state index in [4.69, 9.17) is 4.84 Å². The number of carboxylic acids is 1. The summed E-state index contributed by atoms with van der Waals surface area (Å²) < 4.78 is 0. The number of rotatable bonds is 10. The van der Waals surface area contributed by atoms with E-state index in [1.54, 1.807) is 5.38 Å². The number of aliphatic carboxylic acids is 1. The Morgan fingerprint density at radius 2 is 1.46 bits per heavy atom. The van der Waals surface area contributed by atoms with Crippen molar-refractivity contribution in [1.29, 1.82) is 0 Å². The van der Waals surface area contributed by atoms with Gasteiger partial charge >= 0.3 is 5.97 Å². The molecule has 7 heteroatoms. The number of nitrogens with zero attached hydrogens (tertiary/aromatic N) is 2. The van der Waals surface area contributed by atoms with E-state index in [2.05, 4.69) is 51.9 Å². The van der Waals surface area contributed by atoms with Crippen LogP contribution in [0.5, 0.6) is 0 Å². The van der Waals surface area contributed by atoms with Crippen molar-refractivity contribution in [3.05, 3.63) is 119 Å². The Balaban J connectivity index is 1.57. The molecule has 0 aliphatic heterocycles. The smallest absolute Gasteiger partial charge is 0.360 e. The molecule has 0 unspecified atom stereocenters. The molecule has 0 bridgehead atoms. The second-order valence-electron chi connectivity index (χ2n) is 8.50. The van der Waals surface area contributed by atoms with Gasteiger partial charge < -0.3 is 15.3 Å². The zero-order chi connectivity index (χ0) is 24.1. The first-order chi connectivity index (χ1) is 17.2. The highest BCUT2D eigenvalue weighted by Crippen LogP contribution is 2.40. The van der Waals surface area contributed by atoms with Gasteiger partial charge in [0.25, 0.3) is 0 Å². The van der Waals surface area contributed by atoms with Gasteiger partial charge in [-0.3, -0.25) is 0 Å². The first-order valence-electron chi connectivity index (χ1n) is 11.5. The molecule has 0 saturated heterocycles. The van der Waals surface area contributed by atoms with E-state index in [0.717, 1.165) is 29.5 Å². The minimum Gasteiger partial charge on any atom is -0.476 e. The lowest BCUT2D eigenvalue weighted by Crippen LogP contribution is -2.38. The molecule has 0 amide bonds. The summed E-state index contributed by atoms with van der Waals surface area (Å²) in [7, 11) is 0. The molecule has 3 aromatic carbocycles. The standard InChI is InChI=1S/C28H25N3O3S/c32-26(33)25(31-34-18-20-16-17-20)24-19-35-27(29-24)30-28(21-10-4-1-5-11-21,22-12-6-2-7-13-22)23-14-8-3-9-15-23/h1-15,19-20H,16-18H2,(H,29,30)(H,32,33)/b31-25+. The molecule has 176 valence electrons. The molecule has 0 atom stereocenters. The predicted octanol–water partition coefficient (Wildman–Crippen LogP) is 5.76. The van der Waals surface area contributed by atoms with E-state index in [-0.39, 0.29) is 11.4 Å². The molecule has 1 aromatic heterocycles. The summed E-state index contributed by atoms with van der Waals surface area (Å²) in [5.41, 5.74) is 2.43. The van der Waals surface area contributed by atoms with Gasteiger partial charge in [-0.15, -0.1) is 11.3 Å². The van der Waals surface area contributed by atoms with E-state index in [9.17, 15) is 9.90 Å². The zero-order valence-corrected chi connectivity index (χ0v) is 19.8. The van der Waals surface area contributed by atoms with Crippen LogP contribution in [-0.2, 0) is 15.2 Å². The quantitative estimate of drug-likeness (QED) is 0.170. The third kappa shape index (κ3) is 4.95. The van der Waals surface area contributed by atoms with Crippen molar-refractivity contribution in [2.24, 2.45) is 11.1 Å². The fourth-order valence-corrected chi connectivity index (χ4v) is 4.82. The Bertz CT molecular complexity index is 1210. The molecule has 1 aliphatic carbocycles. The van der Waals surface area contributed by atoms with Crippen LogP contribution in [0.3, 0.4) is 0 Å². The highest BCUT2D eigenvalue weighted by molar-refractivity contribution is 7.14. The maximum absolute atomic E-state index is 11.9. The fraction of sp³-hybridized carbons (Fsp3) is 0.179. The summed E-state index contributed by atoms with van der Waals surface area (Å²) in [5.74, 6) is -0.692. The average molecular weight is 484 g/mol. The van der Waals surface area contributed by atoms with Gasteiger partial charge in [0, 0.05) is 5.38 Å². The minimum atomic E-state index is -1.17. The number of carboxylic acid groups (broad SMARTS) is 1. The van der Waals surface area contributed by atoms with Gasteiger partial charge in [0.1, 0.15) is 17.8 Å². The molecule has 0 radical (unpaired) electrons. The normalized spacial score (nSPS) is 13.9. The van der Waals surface area contributed by atoms with Gasteiger partial charge in [0.05, 0.1) is 0 Å².